The van der Waals surface area contributed by atoms with Crippen LogP contribution in [0, 0.1) is 0 Å². The quantitative estimate of drug-likeness (QED) is 0.931. The van der Waals surface area contributed by atoms with Crippen molar-refractivity contribution in [3.8, 4) is 0 Å². The average Bonchev–Trinajstić information content (AvgIpc) is 2.85. The Labute approximate surface area is 122 Å². The second kappa shape index (κ2) is 5.44. The number of amides is 2. The molecule has 0 saturated heterocycles. The van der Waals surface area contributed by atoms with Gasteiger partial charge in [0.1, 0.15) is 5.54 Å². The van der Waals surface area contributed by atoms with Crippen molar-refractivity contribution < 1.29 is 14.7 Å². The fraction of sp³-hybridized carbons (Fsp3) is 0.571. The highest BCUT2D eigenvalue weighted by Crippen LogP contribution is 2.26. The van der Waals surface area contributed by atoms with Crippen LogP contribution in [0.4, 0.5) is 4.79 Å². The van der Waals surface area contributed by atoms with E-state index in [0.717, 1.165) is 6.42 Å². The van der Waals surface area contributed by atoms with Crippen LogP contribution in [-0.2, 0) is 17.8 Å². The number of carboxylic acid groups (broad SMARTS) is 1. The lowest BCUT2D eigenvalue weighted by Gasteiger charge is -2.39. The Morgan fingerprint density at radius 1 is 1.50 bits per heavy atom. The number of urea groups is 1. The van der Waals surface area contributed by atoms with Gasteiger partial charge in [-0.2, -0.15) is 0 Å². The predicted octanol–water partition coefficient (Wildman–Crippen LogP) is 2.41. The van der Waals surface area contributed by atoms with Crippen molar-refractivity contribution in [2.45, 2.75) is 39.3 Å². The minimum atomic E-state index is -1.19. The molecule has 20 heavy (non-hydrogen) atoms. The Hall–Kier alpha value is -1.56. The molecule has 0 fully saturated rings. The molecule has 1 aromatic rings. The van der Waals surface area contributed by atoms with Crippen LogP contribution >= 0.6 is 11.3 Å². The molecule has 110 valence electrons. The minimum Gasteiger partial charge on any atom is -0.480 e. The Balaban J connectivity index is 2.17. The first-order valence-corrected chi connectivity index (χ1v) is 7.61. The first-order chi connectivity index (χ1) is 9.37. The van der Waals surface area contributed by atoms with Gasteiger partial charge in [-0.15, -0.1) is 11.3 Å². The number of aliphatic carboxylic acids is 1. The summed E-state index contributed by atoms with van der Waals surface area (Å²) in [5, 5.41) is 11.3. The topological polar surface area (TPSA) is 60.9 Å². The second-order valence-electron chi connectivity index (χ2n) is 5.43. The highest BCUT2D eigenvalue weighted by molar-refractivity contribution is 7.10. The molecule has 0 spiro atoms. The first kappa shape index (κ1) is 14.8. The Bertz CT molecular complexity index is 524. The van der Waals surface area contributed by atoms with Gasteiger partial charge in [-0.3, -0.25) is 0 Å². The van der Waals surface area contributed by atoms with Gasteiger partial charge in [-0.1, -0.05) is 0 Å². The first-order valence-electron chi connectivity index (χ1n) is 6.73. The molecule has 2 rings (SSSR count). The molecule has 0 aliphatic carbocycles. The lowest BCUT2D eigenvalue weighted by Crippen LogP contribution is -2.57. The molecule has 0 radical (unpaired) electrons. The van der Waals surface area contributed by atoms with Crippen LogP contribution in [0.1, 0.15) is 31.2 Å². The highest BCUT2D eigenvalue weighted by atomic mass is 32.1. The summed E-state index contributed by atoms with van der Waals surface area (Å²) in [5.74, 6) is -0.985. The molecule has 0 unspecified atom stereocenters. The van der Waals surface area contributed by atoms with Crippen molar-refractivity contribution in [1.82, 2.24) is 9.80 Å². The van der Waals surface area contributed by atoms with Crippen LogP contribution in [0.5, 0.6) is 0 Å². The molecule has 0 aromatic carbocycles. The van der Waals surface area contributed by atoms with Gasteiger partial charge in [-0.25, -0.2) is 9.59 Å². The van der Waals surface area contributed by atoms with Crippen LogP contribution < -0.4 is 0 Å². The number of nitrogens with zero attached hydrogens (tertiary/aromatic N) is 2. The smallest absolute Gasteiger partial charge is 0.329 e. The number of rotatable bonds is 3. The van der Waals surface area contributed by atoms with Gasteiger partial charge >= 0.3 is 12.0 Å². The van der Waals surface area contributed by atoms with Crippen molar-refractivity contribution in [2.24, 2.45) is 0 Å². The van der Waals surface area contributed by atoms with Gasteiger partial charge in [-0.05, 0) is 44.2 Å². The number of likely N-dealkylation sites (N-methyl/N-ethyl adjacent to an activating group) is 1. The van der Waals surface area contributed by atoms with E-state index in [2.05, 4.69) is 0 Å². The SMILES string of the molecule is CCN(C(=O)N1CCc2sccc2C1)C(C)(C)C(=O)O. The molecular formula is C14H20N2O3S. The van der Waals surface area contributed by atoms with E-state index in [0.29, 0.717) is 19.6 Å². The largest absolute Gasteiger partial charge is 0.480 e. The van der Waals surface area contributed by atoms with E-state index >= 15 is 0 Å². The molecule has 0 atom stereocenters. The summed E-state index contributed by atoms with van der Waals surface area (Å²) in [6.45, 7) is 6.55. The Morgan fingerprint density at radius 3 is 2.80 bits per heavy atom. The summed E-state index contributed by atoms with van der Waals surface area (Å²) < 4.78 is 0. The third kappa shape index (κ3) is 2.52. The number of carboxylic acids is 1. The zero-order chi connectivity index (χ0) is 14.9. The number of thiophene rings is 1. The standard InChI is InChI=1S/C14H20N2O3S/c1-4-16(14(2,3)12(17)18)13(19)15-7-5-11-10(9-15)6-8-20-11/h6,8H,4-5,7,9H2,1-3H3,(H,17,18). The van der Waals surface area contributed by atoms with E-state index in [-0.39, 0.29) is 6.03 Å². The average molecular weight is 296 g/mol. The molecule has 0 saturated carbocycles. The number of carbonyl (C=O) groups excluding carboxylic acids is 1. The van der Waals surface area contributed by atoms with Gasteiger partial charge in [0.25, 0.3) is 0 Å². The van der Waals surface area contributed by atoms with Crippen molar-refractivity contribution in [3.63, 3.8) is 0 Å². The zero-order valence-corrected chi connectivity index (χ0v) is 12.9. The summed E-state index contributed by atoms with van der Waals surface area (Å²) in [6.07, 6.45) is 0.851. The second-order valence-corrected chi connectivity index (χ2v) is 6.43. The normalized spacial score (nSPS) is 14.8. The fourth-order valence-electron chi connectivity index (χ4n) is 2.47. The molecule has 1 aromatic heterocycles. The van der Waals surface area contributed by atoms with E-state index in [1.807, 2.05) is 18.4 Å². The summed E-state index contributed by atoms with van der Waals surface area (Å²) >= 11 is 1.72. The van der Waals surface area contributed by atoms with Crippen LogP contribution in [0.15, 0.2) is 11.4 Å². The van der Waals surface area contributed by atoms with Crippen molar-refractivity contribution >= 4 is 23.3 Å². The predicted molar refractivity (Wildman–Crippen MR) is 77.9 cm³/mol. The maximum absolute atomic E-state index is 12.6. The van der Waals surface area contributed by atoms with Gasteiger partial charge < -0.3 is 14.9 Å². The maximum atomic E-state index is 12.6. The lowest BCUT2D eigenvalue weighted by atomic mass is 10.0. The number of fused-ring (bicyclic) bond motifs is 1. The van der Waals surface area contributed by atoms with E-state index in [9.17, 15) is 14.7 Å². The molecule has 2 amide bonds. The molecule has 6 heteroatoms. The third-order valence-corrected chi connectivity index (χ3v) is 4.85. The lowest BCUT2D eigenvalue weighted by molar-refractivity contribution is -0.147. The van der Waals surface area contributed by atoms with Crippen molar-refractivity contribution in [1.29, 1.82) is 0 Å². The van der Waals surface area contributed by atoms with Crippen LogP contribution in [0.2, 0.25) is 0 Å². The van der Waals surface area contributed by atoms with Gasteiger partial charge in [0.2, 0.25) is 0 Å². The summed E-state index contributed by atoms with van der Waals surface area (Å²) in [6, 6.07) is 1.84. The summed E-state index contributed by atoms with van der Waals surface area (Å²) in [4.78, 5) is 28.4. The molecular weight excluding hydrogens is 276 g/mol. The Morgan fingerprint density at radius 2 is 2.20 bits per heavy atom. The summed E-state index contributed by atoms with van der Waals surface area (Å²) in [7, 11) is 0. The molecule has 1 aliphatic rings. The van der Waals surface area contributed by atoms with Crippen LogP contribution in [0.25, 0.3) is 0 Å². The Kier molecular flexibility index (Phi) is 4.04. The van der Waals surface area contributed by atoms with Gasteiger partial charge in [0.15, 0.2) is 0 Å². The number of carbonyl (C=O) groups is 2. The van der Waals surface area contributed by atoms with Crippen LogP contribution in [-0.4, -0.2) is 45.5 Å². The monoisotopic (exact) mass is 296 g/mol. The molecule has 1 N–H and O–H groups in total. The van der Waals surface area contributed by atoms with Crippen molar-refractivity contribution in [3.05, 3.63) is 21.9 Å². The third-order valence-electron chi connectivity index (χ3n) is 3.82. The molecule has 5 nitrogen and oxygen atoms in total. The maximum Gasteiger partial charge on any atom is 0.329 e. The van der Waals surface area contributed by atoms with Crippen LogP contribution in [0.3, 0.4) is 0 Å². The molecule has 0 bridgehead atoms. The minimum absolute atomic E-state index is 0.197. The van der Waals surface area contributed by atoms with E-state index in [1.165, 1.54) is 15.3 Å². The summed E-state index contributed by atoms with van der Waals surface area (Å²) in [5.41, 5.74) is -0.0143. The van der Waals surface area contributed by atoms with Gasteiger partial charge in [0.05, 0.1) is 0 Å². The van der Waals surface area contributed by atoms with Gasteiger partial charge in [0, 0.05) is 24.5 Å². The van der Waals surface area contributed by atoms with E-state index in [4.69, 9.17) is 0 Å². The number of hydrogen-bond donors (Lipinski definition) is 1. The molecule has 1 aliphatic heterocycles. The fourth-order valence-corrected chi connectivity index (χ4v) is 3.36. The van der Waals surface area contributed by atoms with E-state index in [1.54, 1.807) is 30.1 Å². The highest BCUT2D eigenvalue weighted by Gasteiger charge is 2.39. The zero-order valence-electron chi connectivity index (χ0n) is 12.0. The number of hydrogen-bond acceptors (Lipinski definition) is 3. The van der Waals surface area contributed by atoms with E-state index < -0.39 is 11.5 Å². The molecule has 2 heterocycles. The van der Waals surface area contributed by atoms with Crippen molar-refractivity contribution in [2.75, 3.05) is 13.1 Å².